The molecule has 62 valence electrons. The number of ketones is 1. The highest BCUT2D eigenvalue weighted by Gasteiger charge is 2.58. The number of carbonyl (C=O) groups is 1. The Morgan fingerprint density at radius 3 is 2.27 bits per heavy atom. The van der Waals surface area contributed by atoms with E-state index in [9.17, 15) is 4.79 Å². The van der Waals surface area contributed by atoms with Crippen molar-refractivity contribution in [2.45, 2.75) is 40.0 Å². The van der Waals surface area contributed by atoms with Gasteiger partial charge in [0.1, 0.15) is 5.78 Å². The fourth-order valence-electron chi connectivity index (χ4n) is 3.03. The molecule has 1 nitrogen and oxygen atoms in total. The predicted octanol–water partition coefficient (Wildman–Crippen LogP) is 2.40. The van der Waals surface area contributed by atoms with Gasteiger partial charge in [0.2, 0.25) is 0 Å². The van der Waals surface area contributed by atoms with Crippen LogP contribution in [-0.2, 0) is 4.79 Å². The molecule has 0 aromatic carbocycles. The second-order valence-corrected chi connectivity index (χ2v) is 5.05. The van der Waals surface area contributed by atoms with Gasteiger partial charge in [-0.15, -0.1) is 0 Å². The maximum absolute atomic E-state index is 11.8. The zero-order valence-corrected chi connectivity index (χ0v) is 7.61. The Hall–Kier alpha value is -0.330. The Morgan fingerprint density at radius 2 is 2.00 bits per heavy atom. The molecule has 0 heterocycles. The van der Waals surface area contributed by atoms with Crippen LogP contribution in [-0.4, -0.2) is 5.78 Å². The summed E-state index contributed by atoms with van der Waals surface area (Å²) >= 11 is 0. The van der Waals surface area contributed by atoms with E-state index in [0.717, 1.165) is 12.8 Å². The molecular formula is C10H16O. The molecule has 2 fully saturated rings. The third-order valence-corrected chi connectivity index (χ3v) is 3.90. The van der Waals surface area contributed by atoms with Crippen molar-refractivity contribution in [1.29, 1.82) is 0 Å². The molecule has 11 heavy (non-hydrogen) atoms. The summed E-state index contributed by atoms with van der Waals surface area (Å²) in [4.78, 5) is 11.8. The van der Waals surface area contributed by atoms with Crippen LogP contribution in [0.15, 0.2) is 0 Å². The minimum atomic E-state index is -0.00694. The van der Waals surface area contributed by atoms with Gasteiger partial charge in [0, 0.05) is 10.8 Å². The Labute approximate surface area is 68.2 Å². The number of hydrogen-bond donors (Lipinski definition) is 0. The number of fused-ring (bicyclic) bond motifs is 2. The van der Waals surface area contributed by atoms with Crippen LogP contribution in [0.5, 0.6) is 0 Å². The second-order valence-electron chi connectivity index (χ2n) is 5.05. The van der Waals surface area contributed by atoms with Crippen LogP contribution in [0.25, 0.3) is 0 Å². The lowest BCUT2D eigenvalue weighted by Gasteiger charge is -2.31. The van der Waals surface area contributed by atoms with Crippen molar-refractivity contribution in [1.82, 2.24) is 0 Å². The van der Waals surface area contributed by atoms with Gasteiger partial charge >= 0.3 is 0 Å². The van der Waals surface area contributed by atoms with E-state index in [0.29, 0.717) is 11.7 Å². The highest BCUT2D eigenvalue weighted by Crippen LogP contribution is 2.59. The lowest BCUT2D eigenvalue weighted by atomic mass is 9.72. The molecule has 0 radical (unpaired) electrons. The lowest BCUT2D eigenvalue weighted by Crippen LogP contribution is -2.35. The topological polar surface area (TPSA) is 17.1 Å². The maximum Gasteiger partial charge on any atom is 0.144 e. The molecule has 0 N–H and O–H groups in total. The van der Waals surface area contributed by atoms with E-state index in [1.54, 1.807) is 0 Å². The van der Waals surface area contributed by atoms with E-state index in [1.165, 1.54) is 6.42 Å². The van der Waals surface area contributed by atoms with E-state index >= 15 is 0 Å². The molecule has 2 rings (SSSR count). The number of Topliss-reactive ketones (excluding diaryl/α,β-unsaturated/α-hetero) is 1. The van der Waals surface area contributed by atoms with E-state index in [1.807, 2.05) is 0 Å². The van der Waals surface area contributed by atoms with Crippen molar-refractivity contribution < 1.29 is 4.79 Å². The SMILES string of the molecule is CC12CC[C@H](C1)C(C)(C)C2=O. The van der Waals surface area contributed by atoms with Crippen LogP contribution in [0.2, 0.25) is 0 Å². The van der Waals surface area contributed by atoms with Gasteiger partial charge in [0.25, 0.3) is 0 Å². The Balaban J connectivity index is 2.42. The standard InChI is InChI=1S/C10H16O/c1-9(2)7-4-5-10(3,6-7)8(9)11/h7H,4-6H2,1-3H3/t7-,10?/m1/s1. The highest BCUT2D eigenvalue weighted by atomic mass is 16.1. The Bertz CT molecular complexity index is 210. The van der Waals surface area contributed by atoms with Gasteiger partial charge in [-0.05, 0) is 25.2 Å². The molecule has 2 aliphatic carbocycles. The minimum absolute atomic E-state index is 0.00694. The second kappa shape index (κ2) is 1.70. The first kappa shape index (κ1) is 7.33. The summed E-state index contributed by atoms with van der Waals surface area (Å²) in [5, 5.41) is 0. The molecule has 0 amide bonds. The molecule has 0 saturated heterocycles. The predicted molar refractivity (Wildman–Crippen MR) is 44.2 cm³/mol. The van der Waals surface area contributed by atoms with Gasteiger partial charge in [-0.2, -0.15) is 0 Å². The summed E-state index contributed by atoms with van der Waals surface area (Å²) in [5.41, 5.74) is 0.0567. The van der Waals surface area contributed by atoms with Crippen LogP contribution in [0, 0.1) is 16.7 Å². The first-order valence-corrected chi connectivity index (χ1v) is 4.52. The Morgan fingerprint density at radius 1 is 1.36 bits per heavy atom. The van der Waals surface area contributed by atoms with Gasteiger partial charge in [0.15, 0.2) is 0 Å². The largest absolute Gasteiger partial charge is 0.298 e. The van der Waals surface area contributed by atoms with Crippen molar-refractivity contribution in [3.05, 3.63) is 0 Å². The van der Waals surface area contributed by atoms with Gasteiger partial charge in [-0.25, -0.2) is 0 Å². The van der Waals surface area contributed by atoms with Crippen molar-refractivity contribution in [3.63, 3.8) is 0 Å². The molecule has 1 unspecified atom stereocenters. The average Bonchev–Trinajstić information content (AvgIpc) is 2.36. The highest BCUT2D eigenvalue weighted by molar-refractivity contribution is 5.92. The molecule has 0 aromatic rings. The van der Waals surface area contributed by atoms with Crippen LogP contribution in [0.3, 0.4) is 0 Å². The van der Waals surface area contributed by atoms with Crippen molar-refractivity contribution in [2.24, 2.45) is 16.7 Å². The molecule has 0 aromatic heterocycles. The van der Waals surface area contributed by atoms with Crippen LogP contribution < -0.4 is 0 Å². The molecule has 2 bridgehead atoms. The minimum Gasteiger partial charge on any atom is -0.298 e. The summed E-state index contributed by atoms with van der Waals surface area (Å²) in [6.07, 6.45) is 3.56. The summed E-state index contributed by atoms with van der Waals surface area (Å²) in [6, 6.07) is 0. The molecule has 1 heteroatoms. The van der Waals surface area contributed by atoms with E-state index < -0.39 is 0 Å². The molecule has 0 spiro atoms. The quantitative estimate of drug-likeness (QED) is 0.521. The van der Waals surface area contributed by atoms with Gasteiger partial charge in [0.05, 0.1) is 0 Å². The summed E-state index contributed by atoms with van der Waals surface area (Å²) < 4.78 is 0. The molecule has 2 aliphatic rings. The molecule has 2 saturated carbocycles. The van der Waals surface area contributed by atoms with Gasteiger partial charge < -0.3 is 0 Å². The van der Waals surface area contributed by atoms with Crippen molar-refractivity contribution in [3.8, 4) is 0 Å². The van der Waals surface area contributed by atoms with Crippen LogP contribution >= 0.6 is 0 Å². The van der Waals surface area contributed by atoms with Crippen molar-refractivity contribution >= 4 is 5.78 Å². The van der Waals surface area contributed by atoms with Crippen LogP contribution in [0.1, 0.15) is 40.0 Å². The monoisotopic (exact) mass is 152 g/mol. The maximum atomic E-state index is 11.8. The molecule has 2 atom stereocenters. The fraction of sp³-hybridized carbons (Fsp3) is 0.900. The summed E-state index contributed by atoms with van der Waals surface area (Å²) in [5.74, 6) is 1.20. The van der Waals surface area contributed by atoms with E-state index in [4.69, 9.17) is 0 Å². The molecular weight excluding hydrogens is 136 g/mol. The number of carbonyl (C=O) groups excluding carboxylic acids is 1. The van der Waals surface area contributed by atoms with E-state index in [2.05, 4.69) is 20.8 Å². The average molecular weight is 152 g/mol. The summed E-state index contributed by atoms with van der Waals surface area (Å²) in [6.45, 7) is 6.37. The Kier molecular flexibility index (Phi) is 1.13. The third-order valence-electron chi connectivity index (χ3n) is 3.90. The first-order chi connectivity index (χ1) is 4.97. The van der Waals surface area contributed by atoms with Crippen LogP contribution in [0.4, 0.5) is 0 Å². The smallest absolute Gasteiger partial charge is 0.144 e. The van der Waals surface area contributed by atoms with Gasteiger partial charge in [-0.1, -0.05) is 20.8 Å². The van der Waals surface area contributed by atoms with Crippen molar-refractivity contribution in [2.75, 3.05) is 0 Å². The fourth-order valence-corrected chi connectivity index (χ4v) is 3.03. The number of hydrogen-bond acceptors (Lipinski definition) is 1. The number of rotatable bonds is 0. The third kappa shape index (κ3) is 0.692. The molecule has 0 aliphatic heterocycles. The van der Waals surface area contributed by atoms with Gasteiger partial charge in [-0.3, -0.25) is 4.79 Å². The first-order valence-electron chi connectivity index (χ1n) is 4.52. The normalized spacial score (nSPS) is 46.8. The zero-order valence-electron chi connectivity index (χ0n) is 7.61. The lowest BCUT2D eigenvalue weighted by molar-refractivity contribution is -0.134. The summed E-state index contributed by atoms with van der Waals surface area (Å²) in [7, 11) is 0. The van der Waals surface area contributed by atoms with E-state index in [-0.39, 0.29) is 10.8 Å². The zero-order chi connectivity index (χ0) is 8.28.